The molecule has 0 saturated heterocycles. The Morgan fingerprint density at radius 3 is 2.33 bits per heavy atom. The Morgan fingerprint density at radius 2 is 1.78 bits per heavy atom. The molecule has 1 aromatic heterocycles. The number of aromatic nitrogens is 1. The number of anilines is 1. The van der Waals surface area contributed by atoms with Gasteiger partial charge in [-0.05, 0) is 37.1 Å². The Hall–Kier alpha value is -1.87. The predicted octanol–water partition coefficient (Wildman–Crippen LogP) is 3.35. The standard InChI is InChI=1S/C15H18N2O/c1-10-4-9-14(15(16)17-10)13-7-5-12(6-8-13)11(2)18-3/h4-9,11H,1-3H3,(H2,16,17)/t11-/m0/s1. The first-order valence-electron chi connectivity index (χ1n) is 5.98. The number of nitrogens with zero attached hydrogens (tertiary/aromatic N) is 1. The second kappa shape index (κ2) is 5.19. The molecule has 0 radical (unpaired) electrons. The highest BCUT2D eigenvalue weighted by atomic mass is 16.5. The summed E-state index contributed by atoms with van der Waals surface area (Å²) in [7, 11) is 1.71. The molecule has 3 nitrogen and oxygen atoms in total. The number of hydrogen-bond acceptors (Lipinski definition) is 3. The van der Waals surface area contributed by atoms with Crippen LogP contribution in [0, 0.1) is 6.92 Å². The van der Waals surface area contributed by atoms with Gasteiger partial charge in [0.25, 0.3) is 0 Å². The molecule has 0 amide bonds. The van der Waals surface area contributed by atoms with Crippen LogP contribution >= 0.6 is 0 Å². The summed E-state index contributed by atoms with van der Waals surface area (Å²) in [4.78, 5) is 4.28. The molecule has 0 spiro atoms. The van der Waals surface area contributed by atoms with E-state index in [4.69, 9.17) is 10.5 Å². The maximum atomic E-state index is 5.94. The molecule has 2 rings (SSSR count). The van der Waals surface area contributed by atoms with Gasteiger partial charge in [0, 0.05) is 18.4 Å². The average molecular weight is 242 g/mol. The smallest absolute Gasteiger partial charge is 0.131 e. The van der Waals surface area contributed by atoms with Gasteiger partial charge in [0.1, 0.15) is 5.82 Å². The highest BCUT2D eigenvalue weighted by Crippen LogP contribution is 2.26. The van der Waals surface area contributed by atoms with Gasteiger partial charge in [0.2, 0.25) is 0 Å². The Balaban J connectivity index is 2.34. The van der Waals surface area contributed by atoms with Crippen molar-refractivity contribution < 1.29 is 4.74 Å². The van der Waals surface area contributed by atoms with E-state index in [0.29, 0.717) is 5.82 Å². The molecule has 2 N–H and O–H groups in total. The first kappa shape index (κ1) is 12.6. The molecule has 1 heterocycles. The van der Waals surface area contributed by atoms with Crippen LogP contribution in [0.3, 0.4) is 0 Å². The second-order valence-electron chi connectivity index (χ2n) is 4.39. The number of hydrogen-bond donors (Lipinski definition) is 1. The van der Waals surface area contributed by atoms with Gasteiger partial charge in [-0.15, -0.1) is 0 Å². The van der Waals surface area contributed by atoms with E-state index in [1.807, 2.05) is 38.1 Å². The number of ether oxygens (including phenoxy) is 1. The van der Waals surface area contributed by atoms with Crippen molar-refractivity contribution in [3.05, 3.63) is 47.7 Å². The van der Waals surface area contributed by atoms with E-state index in [0.717, 1.165) is 22.4 Å². The summed E-state index contributed by atoms with van der Waals surface area (Å²) in [6.07, 6.45) is 0.104. The average Bonchev–Trinajstić information content (AvgIpc) is 2.38. The SMILES string of the molecule is CO[C@@H](C)c1ccc(-c2ccc(C)nc2N)cc1. The summed E-state index contributed by atoms with van der Waals surface area (Å²) < 4.78 is 5.28. The quantitative estimate of drug-likeness (QED) is 0.898. The van der Waals surface area contributed by atoms with Crippen molar-refractivity contribution in [1.82, 2.24) is 4.98 Å². The Labute approximate surface area is 108 Å². The van der Waals surface area contributed by atoms with Crippen molar-refractivity contribution in [1.29, 1.82) is 0 Å². The Morgan fingerprint density at radius 1 is 1.11 bits per heavy atom. The molecule has 2 aromatic rings. The highest BCUT2D eigenvalue weighted by Gasteiger charge is 2.06. The summed E-state index contributed by atoms with van der Waals surface area (Å²) in [6.45, 7) is 3.96. The van der Waals surface area contributed by atoms with Crippen LogP contribution in [-0.4, -0.2) is 12.1 Å². The van der Waals surface area contributed by atoms with Crippen molar-refractivity contribution in [2.24, 2.45) is 0 Å². The van der Waals surface area contributed by atoms with Gasteiger partial charge in [-0.3, -0.25) is 0 Å². The highest BCUT2D eigenvalue weighted by molar-refractivity contribution is 5.73. The van der Waals surface area contributed by atoms with E-state index in [1.54, 1.807) is 7.11 Å². The van der Waals surface area contributed by atoms with Gasteiger partial charge in [0.15, 0.2) is 0 Å². The number of nitrogen functional groups attached to an aromatic ring is 1. The van der Waals surface area contributed by atoms with Gasteiger partial charge in [-0.1, -0.05) is 24.3 Å². The lowest BCUT2D eigenvalue weighted by Gasteiger charge is -2.11. The minimum absolute atomic E-state index is 0.104. The van der Waals surface area contributed by atoms with Crippen LogP contribution in [0.25, 0.3) is 11.1 Å². The minimum atomic E-state index is 0.104. The second-order valence-corrected chi connectivity index (χ2v) is 4.39. The monoisotopic (exact) mass is 242 g/mol. The van der Waals surface area contributed by atoms with Crippen LogP contribution in [0.4, 0.5) is 5.82 Å². The molecule has 0 saturated carbocycles. The van der Waals surface area contributed by atoms with E-state index in [1.165, 1.54) is 0 Å². The predicted molar refractivity (Wildman–Crippen MR) is 74.2 cm³/mol. The molecular formula is C15H18N2O. The van der Waals surface area contributed by atoms with E-state index >= 15 is 0 Å². The van der Waals surface area contributed by atoms with Gasteiger partial charge >= 0.3 is 0 Å². The summed E-state index contributed by atoms with van der Waals surface area (Å²) >= 11 is 0. The molecule has 18 heavy (non-hydrogen) atoms. The first-order chi connectivity index (χ1) is 8.61. The van der Waals surface area contributed by atoms with Crippen LogP contribution in [0.15, 0.2) is 36.4 Å². The summed E-state index contributed by atoms with van der Waals surface area (Å²) in [5.74, 6) is 0.572. The van der Waals surface area contributed by atoms with Crippen molar-refractivity contribution in [2.75, 3.05) is 12.8 Å². The Kier molecular flexibility index (Phi) is 3.63. The Bertz CT molecular complexity index is 535. The van der Waals surface area contributed by atoms with Crippen molar-refractivity contribution in [2.45, 2.75) is 20.0 Å². The molecule has 3 heteroatoms. The lowest BCUT2D eigenvalue weighted by molar-refractivity contribution is 0.119. The van der Waals surface area contributed by atoms with Gasteiger partial charge in [-0.2, -0.15) is 0 Å². The molecule has 1 atom stereocenters. The number of nitrogens with two attached hydrogens (primary N) is 1. The lowest BCUT2D eigenvalue weighted by atomic mass is 10.0. The molecule has 1 aromatic carbocycles. The summed E-state index contributed by atoms with van der Waals surface area (Å²) in [5.41, 5.74) is 10.1. The van der Waals surface area contributed by atoms with Crippen LogP contribution in [0.1, 0.15) is 24.3 Å². The zero-order valence-electron chi connectivity index (χ0n) is 11.0. The molecule has 0 bridgehead atoms. The van der Waals surface area contributed by atoms with Crippen molar-refractivity contribution >= 4 is 5.82 Å². The zero-order chi connectivity index (χ0) is 13.1. The molecule has 0 aliphatic carbocycles. The minimum Gasteiger partial charge on any atom is -0.383 e. The fourth-order valence-corrected chi connectivity index (χ4v) is 1.89. The van der Waals surface area contributed by atoms with Crippen LogP contribution in [-0.2, 0) is 4.74 Å². The maximum Gasteiger partial charge on any atom is 0.131 e. The molecule has 0 aliphatic rings. The van der Waals surface area contributed by atoms with Gasteiger partial charge in [0.05, 0.1) is 6.10 Å². The fourth-order valence-electron chi connectivity index (χ4n) is 1.89. The van der Waals surface area contributed by atoms with E-state index < -0.39 is 0 Å². The van der Waals surface area contributed by atoms with Crippen LogP contribution < -0.4 is 5.73 Å². The first-order valence-corrected chi connectivity index (χ1v) is 5.98. The van der Waals surface area contributed by atoms with Crippen LogP contribution in [0.2, 0.25) is 0 Å². The molecule has 0 fully saturated rings. The number of benzene rings is 1. The fraction of sp³-hybridized carbons (Fsp3) is 0.267. The largest absolute Gasteiger partial charge is 0.383 e. The summed E-state index contributed by atoms with van der Waals surface area (Å²) in [6, 6.07) is 12.2. The molecule has 94 valence electrons. The number of methoxy groups -OCH3 is 1. The van der Waals surface area contributed by atoms with Crippen molar-refractivity contribution in [3.63, 3.8) is 0 Å². The third-order valence-corrected chi connectivity index (χ3v) is 3.11. The maximum absolute atomic E-state index is 5.94. The number of aryl methyl sites for hydroxylation is 1. The van der Waals surface area contributed by atoms with E-state index in [9.17, 15) is 0 Å². The third-order valence-electron chi connectivity index (χ3n) is 3.11. The van der Waals surface area contributed by atoms with Gasteiger partial charge in [-0.25, -0.2) is 4.98 Å². The van der Waals surface area contributed by atoms with E-state index in [-0.39, 0.29) is 6.10 Å². The summed E-state index contributed by atoms with van der Waals surface area (Å²) in [5, 5.41) is 0. The molecule has 0 unspecified atom stereocenters. The number of pyridine rings is 1. The third kappa shape index (κ3) is 2.51. The van der Waals surface area contributed by atoms with Crippen molar-refractivity contribution in [3.8, 4) is 11.1 Å². The molecular weight excluding hydrogens is 224 g/mol. The topological polar surface area (TPSA) is 48.1 Å². The van der Waals surface area contributed by atoms with Crippen LogP contribution in [0.5, 0.6) is 0 Å². The van der Waals surface area contributed by atoms with Gasteiger partial charge < -0.3 is 10.5 Å². The molecule has 0 aliphatic heterocycles. The zero-order valence-corrected chi connectivity index (χ0v) is 11.0. The lowest BCUT2D eigenvalue weighted by Crippen LogP contribution is -1.97. The van der Waals surface area contributed by atoms with E-state index in [2.05, 4.69) is 17.1 Å². The number of rotatable bonds is 3. The normalized spacial score (nSPS) is 12.4.